The van der Waals surface area contributed by atoms with E-state index < -0.39 is 0 Å². The highest BCUT2D eigenvalue weighted by molar-refractivity contribution is 4.75. The number of rotatable bonds is 2. The molecule has 0 aliphatic heterocycles. The van der Waals surface area contributed by atoms with Crippen molar-refractivity contribution in [2.24, 2.45) is 5.90 Å². The van der Waals surface area contributed by atoms with Crippen LogP contribution < -0.4 is 5.90 Å². The highest BCUT2D eigenvalue weighted by Crippen LogP contribution is 1.67. The van der Waals surface area contributed by atoms with Gasteiger partial charge in [0.1, 0.15) is 6.61 Å². The molecule has 29 valence electrons. The van der Waals surface area contributed by atoms with Crippen molar-refractivity contribution < 1.29 is 4.84 Å². The molecule has 0 amide bonds. The topological polar surface area (TPSA) is 35.2 Å². The molecule has 0 rings (SSSR count). The molecule has 0 spiro atoms. The van der Waals surface area contributed by atoms with Crippen molar-refractivity contribution in [2.45, 2.75) is 0 Å². The van der Waals surface area contributed by atoms with Crippen LogP contribution >= 0.6 is 0 Å². The Hall–Kier alpha value is -0.340. The Morgan fingerprint density at radius 2 is 2.40 bits per heavy atom. The second-order valence-electron chi connectivity index (χ2n) is 0.508. The van der Waals surface area contributed by atoms with E-state index >= 15 is 0 Å². The van der Waals surface area contributed by atoms with E-state index in [1.165, 1.54) is 12.7 Å². The van der Waals surface area contributed by atoms with Crippen LogP contribution in [0.2, 0.25) is 0 Å². The lowest BCUT2D eigenvalue weighted by atomic mass is 10.7. The third-order valence-corrected chi connectivity index (χ3v) is 0.175. The lowest BCUT2D eigenvalue weighted by molar-refractivity contribution is 0.224. The van der Waals surface area contributed by atoms with Crippen LogP contribution in [0.4, 0.5) is 0 Å². The number of hydrogen-bond donors (Lipinski definition) is 1. The third-order valence-electron chi connectivity index (χ3n) is 0.175. The molecule has 0 aromatic rings. The maximum Gasteiger partial charge on any atom is 0.128 e. The lowest BCUT2D eigenvalue weighted by Gasteiger charge is -1.77. The van der Waals surface area contributed by atoms with Crippen LogP contribution in [0.5, 0.6) is 0 Å². The Bertz CT molecular complexity index is 28.1. The van der Waals surface area contributed by atoms with Gasteiger partial charge in [0.2, 0.25) is 0 Å². The first-order valence-corrected chi connectivity index (χ1v) is 1.21. The highest BCUT2D eigenvalue weighted by atomic mass is 16.6. The predicted molar refractivity (Wildman–Crippen MR) is 19.8 cm³/mol. The fourth-order valence-corrected chi connectivity index (χ4v) is 0.0556. The molecule has 0 aliphatic rings. The summed E-state index contributed by atoms with van der Waals surface area (Å²) in [6.45, 7) is 4.58. The van der Waals surface area contributed by atoms with Crippen LogP contribution in [0, 0.1) is 6.61 Å². The molecule has 1 radical (unpaired) electrons. The van der Waals surface area contributed by atoms with Gasteiger partial charge >= 0.3 is 0 Å². The largest absolute Gasteiger partial charge is 0.294 e. The van der Waals surface area contributed by atoms with Gasteiger partial charge in [0, 0.05) is 0 Å². The molecule has 0 unspecified atom stereocenters. The van der Waals surface area contributed by atoms with Gasteiger partial charge in [-0.05, 0) is 0 Å². The molecule has 2 N–H and O–H groups in total. The first-order valence-electron chi connectivity index (χ1n) is 1.21. The van der Waals surface area contributed by atoms with Crippen molar-refractivity contribution in [3.05, 3.63) is 19.3 Å². The van der Waals surface area contributed by atoms with E-state index in [1.54, 1.807) is 0 Å². The summed E-state index contributed by atoms with van der Waals surface area (Å²) in [6, 6.07) is 0. The van der Waals surface area contributed by atoms with E-state index in [1.807, 2.05) is 0 Å². The molecular formula is C3H6NO. The summed E-state index contributed by atoms with van der Waals surface area (Å²) < 4.78 is 0. The third kappa shape index (κ3) is 3.66. The van der Waals surface area contributed by atoms with Crippen LogP contribution in [0.1, 0.15) is 0 Å². The van der Waals surface area contributed by atoms with Crippen LogP contribution in [0.25, 0.3) is 0 Å². The molecule has 2 nitrogen and oxygen atoms in total. The van der Waals surface area contributed by atoms with Gasteiger partial charge in [-0.3, -0.25) is 4.84 Å². The molecule has 0 saturated carbocycles. The molecule has 0 saturated heterocycles. The van der Waals surface area contributed by atoms with Crippen molar-refractivity contribution in [3.8, 4) is 0 Å². The van der Waals surface area contributed by atoms with Gasteiger partial charge in [-0.15, -0.1) is 6.58 Å². The standard InChI is InChI=1S/C3H6NO/c1-2-3-5-4/h2-3H,1,4H2. The summed E-state index contributed by atoms with van der Waals surface area (Å²) >= 11 is 0. The first kappa shape index (κ1) is 4.66. The van der Waals surface area contributed by atoms with E-state index in [2.05, 4.69) is 17.3 Å². The Morgan fingerprint density at radius 3 is 2.40 bits per heavy atom. The second kappa shape index (κ2) is 3.66. The fourth-order valence-electron chi connectivity index (χ4n) is 0.0556. The minimum atomic E-state index is 1.29. The van der Waals surface area contributed by atoms with Gasteiger partial charge in [-0.1, -0.05) is 6.08 Å². The summed E-state index contributed by atoms with van der Waals surface area (Å²) in [5.41, 5.74) is 0. The number of hydrogen-bond acceptors (Lipinski definition) is 2. The minimum Gasteiger partial charge on any atom is -0.294 e. The molecular weight excluding hydrogens is 66.0 g/mol. The van der Waals surface area contributed by atoms with E-state index in [4.69, 9.17) is 0 Å². The Labute approximate surface area is 31.2 Å². The summed E-state index contributed by atoms with van der Waals surface area (Å²) in [4.78, 5) is 3.95. The van der Waals surface area contributed by atoms with Crippen molar-refractivity contribution in [2.75, 3.05) is 0 Å². The zero-order valence-electron chi connectivity index (χ0n) is 2.85. The average Bonchev–Trinajstić information content (AvgIpc) is 1.41. The summed E-state index contributed by atoms with van der Waals surface area (Å²) in [5, 5.41) is 0. The van der Waals surface area contributed by atoms with Crippen molar-refractivity contribution in [1.29, 1.82) is 0 Å². The molecule has 0 bridgehead atoms. The SMILES string of the molecule is C=C[CH]ON. The Morgan fingerprint density at radius 1 is 1.80 bits per heavy atom. The molecule has 0 aliphatic carbocycles. The Balaban J connectivity index is 2.40. The van der Waals surface area contributed by atoms with Crippen LogP contribution in [0.3, 0.4) is 0 Å². The first-order chi connectivity index (χ1) is 2.41. The maximum absolute atomic E-state index is 4.51. The van der Waals surface area contributed by atoms with E-state index in [-0.39, 0.29) is 0 Å². The predicted octanol–water partition coefficient (Wildman–Crippen LogP) is 0.224. The lowest BCUT2D eigenvalue weighted by Crippen LogP contribution is -1.90. The van der Waals surface area contributed by atoms with Gasteiger partial charge in [0.25, 0.3) is 0 Å². The summed E-state index contributed by atoms with van der Waals surface area (Å²) in [5.74, 6) is 4.51. The smallest absolute Gasteiger partial charge is 0.128 e. The second-order valence-corrected chi connectivity index (χ2v) is 0.508. The fraction of sp³-hybridized carbons (Fsp3) is 0. The molecule has 5 heavy (non-hydrogen) atoms. The van der Waals surface area contributed by atoms with Crippen LogP contribution in [0.15, 0.2) is 12.7 Å². The van der Waals surface area contributed by atoms with Gasteiger partial charge in [0.15, 0.2) is 0 Å². The molecule has 0 aromatic heterocycles. The maximum atomic E-state index is 4.51. The Kier molecular flexibility index (Phi) is 3.41. The molecule has 0 aromatic carbocycles. The zero-order chi connectivity index (χ0) is 4.12. The molecule has 2 heteroatoms. The van der Waals surface area contributed by atoms with E-state index in [9.17, 15) is 0 Å². The van der Waals surface area contributed by atoms with E-state index in [0.717, 1.165) is 0 Å². The van der Waals surface area contributed by atoms with E-state index in [0.29, 0.717) is 0 Å². The van der Waals surface area contributed by atoms with Crippen LogP contribution in [-0.4, -0.2) is 0 Å². The monoisotopic (exact) mass is 72.0 g/mol. The van der Waals surface area contributed by atoms with Gasteiger partial charge in [0.05, 0.1) is 0 Å². The van der Waals surface area contributed by atoms with Gasteiger partial charge in [-0.25, -0.2) is 5.90 Å². The quantitative estimate of drug-likeness (QED) is 0.474. The van der Waals surface area contributed by atoms with Crippen molar-refractivity contribution in [1.82, 2.24) is 0 Å². The highest BCUT2D eigenvalue weighted by Gasteiger charge is 1.60. The molecule has 0 heterocycles. The number of nitrogens with two attached hydrogens (primary N) is 1. The van der Waals surface area contributed by atoms with Gasteiger partial charge < -0.3 is 0 Å². The normalized spacial score (nSPS) is 7.40. The van der Waals surface area contributed by atoms with Crippen LogP contribution in [-0.2, 0) is 4.84 Å². The minimum absolute atomic E-state index is 1.29. The average molecular weight is 72.1 g/mol. The van der Waals surface area contributed by atoms with Gasteiger partial charge in [-0.2, -0.15) is 0 Å². The summed E-state index contributed by atoms with van der Waals surface area (Å²) in [7, 11) is 0. The van der Waals surface area contributed by atoms with Crippen molar-refractivity contribution >= 4 is 0 Å². The van der Waals surface area contributed by atoms with Crippen molar-refractivity contribution in [3.63, 3.8) is 0 Å². The molecule has 0 atom stereocenters. The zero-order valence-corrected chi connectivity index (χ0v) is 2.85. The molecule has 0 fully saturated rings. The summed E-state index contributed by atoms with van der Waals surface area (Å²) in [6.07, 6.45) is 1.46.